The van der Waals surface area contributed by atoms with E-state index in [1.807, 2.05) is 0 Å². The van der Waals surface area contributed by atoms with Crippen LogP contribution in [0, 0.1) is 0 Å². The number of carboxylic acids is 1. The van der Waals surface area contributed by atoms with Crippen molar-refractivity contribution in [3.8, 4) is 11.3 Å². The quantitative estimate of drug-likeness (QED) is 0.543. The number of nitrogens with two attached hydrogens (primary N) is 1. The summed E-state index contributed by atoms with van der Waals surface area (Å²) in [5, 5.41) is 8.91. The molecule has 0 saturated heterocycles. The number of carbonyl (C=O) groups is 1. The van der Waals surface area contributed by atoms with Crippen LogP contribution in [-0.4, -0.2) is 16.1 Å². The van der Waals surface area contributed by atoms with Crippen molar-refractivity contribution in [2.75, 3.05) is 5.73 Å². The van der Waals surface area contributed by atoms with Crippen LogP contribution < -0.4 is 5.73 Å². The average Bonchev–Trinajstić information content (AvgIpc) is 2.45. The van der Waals surface area contributed by atoms with Crippen LogP contribution in [0.4, 0.5) is 5.69 Å². The van der Waals surface area contributed by atoms with E-state index in [4.69, 9.17) is 68.8 Å². The molecule has 4 nitrogen and oxygen atoms in total. The van der Waals surface area contributed by atoms with Crippen LogP contribution in [0.3, 0.4) is 0 Å². The Bertz CT molecular complexity index is 735. The Kier molecular flexibility index (Phi) is 4.76. The topological polar surface area (TPSA) is 76.2 Å². The van der Waals surface area contributed by atoms with E-state index < -0.39 is 5.97 Å². The molecule has 0 aliphatic rings. The highest BCUT2D eigenvalue weighted by atomic mass is 35.5. The molecule has 21 heavy (non-hydrogen) atoms. The number of hydrogen-bond donors (Lipinski definition) is 2. The molecule has 0 aliphatic carbocycles. The van der Waals surface area contributed by atoms with Gasteiger partial charge >= 0.3 is 5.97 Å². The first kappa shape index (κ1) is 16.5. The summed E-state index contributed by atoms with van der Waals surface area (Å²) in [7, 11) is 0. The predicted octanol–water partition coefficient (Wildman–Crippen LogP) is 5.30. The number of hydrogen-bond acceptors (Lipinski definition) is 3. The molecule has 1 aromatic carbocycles. The number of halogens is 5. The summed E-state index contributed by atoms with van der Waals surface area (Å²) >= 11 is 30.1. The first-order valence-corrected chi connectivity index (χ1v) is 7.16. The fourth-order valence-corrected chi connectivity index (χ4v) is 2.92. The van der Waals surface area contributed by atoms with Crippen LogP contribution in [0.25, 0.3) is 11.3 Å². The predicted molar refractivity (Wildman–Crippen MR) is 86.1 cm³/mol. The van der Waals surface area contributed by atoms with Crippen LogP contribution in [0.5, 0.6) is 0 Å². The molecular formula is C12H5Cl5N2O2. The zero-order chi connectivity index (χ0) is 15.9. The molecule has 0 radical (unpaired) electrons. The molecule has 1 heterocycles. The molecular weight excluding hydrogens is 381 g/mol. The average molecular weight is 386 g/mol. The number of pyridine rings is 1. The highest BCUT2D eigenvalue weighted by Gasteiger charge is 2.23. The lowest BCUT2D eigenvalue weighted by Crippen LogP contribution is -2.04. The van der Waals surface area contributed by atoms with E-state index in [9.17, 15) is 4.79 Å². The van der Waals surface area contributed by atoms with Gasteiger partial charge in [-0.3, -0.25) is 0 Å². The molecule has 3 N–H and O–H groups in total. The minimum absolute atomic E-state index is 0.00922. The maximum Gasteiger partial charge on any atom is 0.354 e. The Morgan fingerprint density at radius 2 is 1.43 bits per heavy atom. The Balaban J connectivity index is 2.85. The lowest BCUT2D eigenvalue weighted by molar-refractivity contribution is 0.0690. The number of nitrogens with zero attached hydrogens (tertiary/aromatic N) is 1. The van der Waals surface area contributed by atoms with E-state index in [1.165, 1.54) is 12.1 Å². The fraction of sp³-hybridized carbons (Fsp3) is 0. The number of carboxylic acid groups (broad SMARTS) is 1. The minimum Gasteiger partial charge on any atom is -0.477 e. The number of aromatic carboxylic acids is 1. The van der Waals surface area contributed by atoms with E-state index in [1.54, 1.807) is 0 Å². The smallest absolute Gasteiger partial charge is 0.354 e. The molecule has 0 fully saturated rings. The van der Waals surface area contributed by atoms with Gasteiger partial charge in [-0.15, -0.1) is 0 Å². The van der Waals surface area contributed by atoms with Crippen molar-refractivity contribution in [1.82, 2.24) is 4.98 Å². The van der Waals surface area contributed by atoms with Crippen LogP contribution >= 0.6 is 58.0 Å². The summed E-state index contributed by atoms with van der Waals surface area (Å²) in [6.45, 7) is 0. The van der Waals surface area contributed by atoms with E-state index in [0.717, 1.165) is 0 Å². The summed E-state index contributed by atoms with van der Waals surface area (Å²) in [6, 6.07) is 2.62. The normalized spacial score (nSPS) is 10.7. The molecule has 110 valence electrons. The van der Waals surface area contributed by atoms with Crippen molar-refractivity contribution in [2.45, 2.75) is 0 Å². The largest absolute Gasteiger partial charge is 0.477 e. The minimum atomic E-state index is -1.23. The number of aromatic nitrogens is 1. The number of anilines is 1. The Labute approximate surface area is 144 Å². The summed E-state index contributed by atoms with van der Waals surface area (Å²) < 4.78 is 0. The van der Waals surface area contributed by atoms with Crippen molar-refractivity contribution < 1.29 is 9.90 Å². The number of rotatable bonds is 2. The first-order valence-electron chi connectivity index (χ1n) is 5.27. The third kappa shape index (κ3) is 2.87. The van der Waals surface area contributed by atoms with Crippen molar-refractivity contribution >= 4 is 69.7 Å². The molecule has 2 aromatic rings. The Morgan fingerprint density at radius 1 is 0.952 bits per heavy atom. The van der Waals surface area contributed by atoms with Gasteiger partial charge in [0.1, 0.15) is 5.69 Å². The van der Waals surface area contributed by atoms with Crippen molar-refractivity contribution in [2.24, 2.45) is 0 Å². The Morgan fingerprint density at radius 3 is 1.90 bits per heavy atom. The summed E-state index contributed by atoms with van der Waals surface area (Å²) in [4.78, 5) is 14.9. The van der Waals surface area contributed by atoms with Gasteiger partial charge in [-0.25, -0.2) is 9.78 Å². The summed E-state index contributed by atoms with van der Waals surface area (Å²) in [6.07, 6.45) is 0. The zero-order valence-electron chi connectivity index (χ0n) is 9.92. The molecule has 1 aromatic heterocycles. The van der Waals surface area contributed by atoms with E-state index >= 15 is 0 Å². The van der Waals surface area contributed by atoms with Gasteiger partial charge in [0.2, 0.25) is 0 Å². The molecule has 0 aliphatic heterocycles. The lowest BCUT2D eigenvalue weighted by Gasteiger charge is -2.14. The van der Waals surface area contributed by atoms with Crippen molar-refractivity contribution in [1.29, 1.82) is 0 Å². The second-order valence-electron chi connectivity index (χ2n) is 3.88. The molecule has 0 amide bonds. The summed E-state index contributed by atoms with van der Waals surface area (Å²) in [5.74, 6) is -1.23. The molecule has 0 saturated carbocycles. The number of benzene rings is 1. The van der Waals surface area contributed by atoms with Gasteiger partial charge in [0.05, 0.1) is 36.5 Å². The van der Waals surface area contributed by atoms with Gasteiger partial charge in [0, 0.05) is 5.56 Å². The second kappa shape index (κ2) is 6.07. The third-order valence-corrected chi connectivity index (χ3v) is 4.87. The standard InChI is InChI=1S/C12H5Cl5N2O2/c13-6-5(7(14)9(16)10(17)8(6)15)11-3(18)1-2-4(19-11)12(20)21/h1-2H,18H2,(H,20,21). The van der Waals surface area contributed by atoms with Gasteiger partial charge < -0.3 is 10.8 Å². The van der Waals surface area contributed by atoms with Gasteiger partial charge in [0.15, 0.2) is 0 Å². The van der Waals surface area contributed by atoms with E-state index in [0.29, 0.717) is 0 Å². The van der Waals surface area contributed by atoms with Crippen molar-refractivity contribution in [3.05, 3.63) is 42.9 Å². The summed E-state index contributed by atoms with van der Waals surface area (Å²) in [5.41, 5.74) is 5.93. The van der Waals surface area contributed by atoms with Gasteiger partial charge in [-0.2, -0.15) is 0 Å². The second-order valence-corrected chi connectivity index (χ2v) is 5.77. The van der Waals surface area contributed by atoms with Crippen LogP contribution in [0.1, 0.15) is 10.5 Å². The van der Waals surface area contributed by atoms with Gasteiger partial charge in [0.25, 0.3) is 0 Å². The highest BCUT2D eigenvalue weighted by Crippen LogP contribution is 2.48. The SMILES string of the molecule is Nc1ccc(C(=O)O)nc1-c1c(Cl)c(Cl)c(Cl)c(Cl)c1Cl. The third-order valence-electron chi connectivity index (χ3n) is 2.59. The molecule has 0 unspecified atom stereocenters. The van der Waals surface area contributed by atoms with Crippen LogP contribution in [-0.2, 0) is 0 Å². The molecule has 2 rings (SSSR count). The van der Waals surface area contributed by atoms with Crippen LogP contribution in [0.2, 0.25) is 25.1 Å². The van der Waals surface area contributed by atoms with E-state index in [2.05, 4.69) is 4.98 Å². The monoisotopic (exact) mass is 384 g/mol. The fourth-order valence-electron chi connectivity index (χ4n) is 1.60. The van der Waals surface area contributed by atoms with Gasteiger partial charge in [-0.1, -0.05) is 58.0 Å². The van der Waals surface area contributed by atoms with Crippen LogP contribution in [0.15, 0.2) is 12.1 Å². The first-order chi connectivity index (χ1) is 9.75. The molecule has 0 bridgehead atoms. The highest BCUT2D eigenvalue weighted by molar-refractivity contribution is 6.56. The molecule has 0 atom stereocenters. The number of nitrogen functional groups attached to an aromatic ring is 1. The van der Waals surface area contributed by atoms with Crippen molar-refractivity contribution in [3.63, 3.8) is 0 Å². The lowest BCUT2D eigenvalue weighted by atomic mass is 10.1. The molecule has 9 heteroatoms. The maximum absolute atomic E-state index is 11.0. The van der Waals surface area contributed by atoms with E-state index in [-0.39, 0.29) is 47.8 Å². The Hall–Kier alpha value is -0.910. The van der Waals surface area contributed by atoms with Gasteiger partial charge in [-0.05, 0) is 12.1 Å². The molecule has 0 spiro atoms. The zero-order valence-corrected chi connectivity index (χ0v) is 13.7. The maximum atomic E-state index is 11.0.